The van der Waals surface area contributed by atoms with Gasteiger partial charge in [-0.1, -0.05) is 59.6 Å². The van der Waals surface area contributed by atoms with Crippen LogP contribution in [-0.2, 0) is 0 Å². The van der Waals surface area contributed by atoms with E-state index in [1.807, 2.05) is 19.1 Å². The van der Waals surface area contributed by atoms with Crippen LogP contribution in [0.4, 0.5) is 22.0 Å². The predicted octanol–water partition coefficient (Wildman–Crippen LogP) is 6.91. The first-order valence-electron chi connectivity index (χ1n) is 7.68. The molecule has 0 unspecified atom stereocenters. The van der Waals surface area contributed by atoms with Crippen molar-refractivity contribution in [3.63, 3.8) is 0 Å². The van der Waals surface area contributed by atoms with Crippen LogP contribution in [0.25, 0.3) is 0 Å². The monoisotopic (exact) mass is 432 g/mol. The predicted molar refractivity (Wildman–Crippen MR) is 97.3 cm³/mol. The van der Waals surface area contributed by atoms with E-state index in [0.717, 1.165) is 5.56 Å². The number of benzene rings is 3. The summed E-state index contributed by atoms with van der Waals surface area (Å²) in [5.74, 6) is -12.1. The number of carbonyl (C=O) groups is 1. The van der Waals surface area contributed by atoms with Gasteiger partial charge in [-0.05, 0) is 24.6 Å². The Balaban J connectivity index is 0.000000261. The van der Waals surface area contributed by atoms with Crippen molar-refractivity contribution in [1.82, 2.24) is 0 Å². The molecule has 1 nitrogen and oxygen atoms in total. The number of rotatable bonds is 2. The topological polar surface area (TPSA) is 17.1 Å². The molecule has 0 fully saturated rings. The Morgan fingerprint density at radius 3 is 1.68 bits per heavy atom. The summed E-state index contributed by atoms with van der Waals surface area (Å²) >= 11 is 11.3. The van der Waals surface area contributed by atoms with Gasteiger partial charge >= 0.3 is 0 Å². The zero-order valence-electron chi connectivity index (χ0n) is 14.2. The van der Waals surface area contributed by atoms with E-state index < -0.39 is 40.4 Å². The van der Waals surface area contributed by atoms with Crippen LogP contribution in [0.15, 0.2) is 48.5 Å². The first kappa shape index (κ1) is 21.9. The maximum Gasteiger partial charge on any atom is 0.200 e. The Morgan fingerprint density at radius 2 is 1.21 bits per heavy atom. The van der Waals surface area contributed by atoms with Gasteiger partial charge in [-0.2, -0.15) is 0 Å². The molecule has 0 N–H and O–H groups in total. The lowest BCUT2D eigenvalue weighted by atomic mass is 10.0. The van der Waals surface area contributed by atoms with Crippen LogP contribution in [0.3, 0.4) is 0 Å². The molecular formula is C20H11Cl2F5O. The fourth-order valence-corrected chi connectivity index (χ4v) is 2.49. The van der Waals surface area contributed by atoms with Crippen molar-refractivity contribution in [1.29, 1.82) is 0 Å². The summed E-state index contributed by atoms with van der Waals surface area (Å²) in [6.07, 6.45) is 0. The van der Waals surface area contributed by atoms with E-state index in [1.165, 1.54) is 30.3 Å². The maximum absolute atomic E-state index is 13.4. The minimum absolute atomic E-state index is 0.175. The fourth-order valence-electron chi connectivity index (χ4n) is 2.14. The van der Waals surface area contributed by atoms with Gasteiger partial charge < -0.3 is 0 Å². The van der Waals surface area contributed by atoms with Crippen molar-refractivity contribution < 1.29 is 26.7 Å². The molecule has 3 aromatic carbocycles. The average Bonchev–Trinajstić information content (AvgIpc) is 2.69. The Labute approximate surface area is 167 Å². The number of aryl methyl sites for hydroxylation is 1. The highest BCUT2D eigenvalue weighted by Crippen LogP contribution is 2.25. The smallest absolute Gasteiger partial charge is 0.200 e. The quantitative estimate of drug-likeness (QED) is 0.186. The van der Waals surface area contributed by atoms with Gasteiger partial charge in [-0.25, -0.2) is 22.0 Å². The minimum Gasteiger partial charge on any atom is -0.288 e. The van der Waals surface area contributed by atoms with Gasteiger partial charge in [-0.15, -0.1) is 0 Å². The minimum atomic E-state index is -2.29. The van der Waals surface area contributed by atoms with Crippen LogP contribution >= 0.6 is 23.2 Å². The van der Waals surface area contributed by atoms with Crippen molar-refractivity contribution >= 4 is 29.0 Å². The molecule has 0 radical (unpaired) electrons. The van der Waals surface area contributed by atoms with Crippen LogP contribution < -0.4 is 0 Å². The van der Waals surface area contributed by atoms with Crippen LogP contribution in [0.5, 0.6) is 0 Å². The van der Waals surface area contributed by atoms with Gasteiger partial charge in [0, 0.05) is 5.56 Å². The number of ketones is 1. The number of hydrogen-bond donors (Lipinski definition) is 0. The molecular weight excluding hydrogens is 422 g/mol. The van der Waals surface area contributed by atoms with E-state index in [9.17, 15) is 26.7 Å². The van der Waals surface area contributed by atoms with Gasteiger partial charge in [0.1, 0.15) is 5.56 Å². The van der Waals surface area contributed by atoms with Crippen LogP contribution in [-0.4, -0.2) is 5.78 Å². The molecule has 8 heteroatoms. The van der Waals surface area contributed by atoms with E-state index in [-0.39, 0.29) is 5.56 Å². The normalized spacial score (nSPS) is 10.3. The summed E-state index contributed by atoms with van der Waals surface area (Å²) in [4.78, 5) is 11.8. The molecule has 0 saturated carbocycles. The first-order valence-corrected chi connectivity index (χ1v) is 8.43. The average molecular weight is 433 g/mol. The first-order chi connectivity index (χ1) is 13.1. The summed E-state index contributed by atoms with van der Waals surface area (Å²) in [5, 5.41) is 1.24. The lowest BCUT2D eigenvalue weighted by molar-refractivity contribution is 0.102. The molecule has 0 spiro atoms. The van der Waals surface area contributed by atoms with Crippen molar-refractivity contribution in [2.24, 2.45) is 0 Å². The van der Waals surface area contributed by atoms with Gasteiger partial charge in [-0.3, -0.25) is 4.79 Å². The van der Waals surface area contributed by atoms with Crippen molar-refractivity contribution in [2.75, 3.05) is 0 Å². The lowest BCUT2D eigenvalue weighted by Crippen LogP contribution is -2.13. The molecule has 0 aliphatic rings. The number of halogens is 7. The summed E-state index contributed by atoms with van der Waals surface area (Å²) in [6.45, 7) is 1.97. The molecule has 0 heterocycles. The van der Waals surface area contributed by atoms with E-state index in [1.54, 1.807) is 6.07 Å². The largest absolute Gasteiger partial charge is 0.288 e. The Morgan fingerprint density at radius 1 is 0.714 bits per heavy atom. The summed E-state index contributed by atoms with van der Waals surface area (Å²) < 4.78 is 65.5. The molecule has 0 aliphatic heterocycles. The number of carbonyl (C=O) groups excluding carboxylic acids is 1. The highest BCUT2D eigenvalue weighted by Gasteiger charge is 2.29. The van der Waals surface area contributed by atoms with Crippen LogP contribution in [0, 0.1) is 36.0 Å². The molecule has 0 aromatic heterocycles. The summed E-state index contributed by atoms with van der Waals surface area (Å²) in [5.41, 5.74) is -0.502. The molecule has 0 aliphatic carbocycles. The highest BCUT2D eigenvalue weighted by molar-refractivity contribution is 6.42. The Kier molecular flexibility index (Phi) is 7.16. The SMILES string of the molecule is Cc1ccc(Cl)c(Cl)c1.O=C(c1ccccc1)c1c(F)c(F)c(F)c(F)c1F. The van der Waals surface area contributed by atoms with E-state index in [0.29, 0.717) is 10.0 Å². The van der Waals surface area contributed by atoms with E-state index in [2.05, 4.69) is 0 Å². The van der Waals surface area contributed by atoms with Gasteiger partial charge in [0.25, 0.3) is 0 Å². The second kappa shape index (κ2) is 9.17. The van der Waals surface area contributed by atoms with Gasteiger partial charge in [0.2, 0.25) is 5.82 Å². The van der Waals surface area contributed by atoms with Crippen LogP contribution in [0.1, 0.15) is 21.5 Å². The van der Waals surface area contributed by atoms with Crippen LogP contribution in [0.2, 0.25) is 10.0 Å². The summed E-state index contributed by atoms with van der Waals surface area (Å²) in [7, 11) is 0. The zero-order valence-corrected chi connectivity index (χ0v) is 15.7. The molecule has 3 rings (SSSR count). The van der Waals surface area contributed by atoms with Crippen molar-refractivity contribution in [3.05, 3.63) is 104 Å². The number of hydrogen-bond acceptors (Lipinski definition) is 1. The van der Waals surface area contributed by atoms with Crippen molar-refractivity contribution in [2.45, 2.75) is 6.92 Å². The standard InChI is InChI=1S/C13H5F5O.C7H6Cl2/c14-8-7(9(15)11(17)12(18)10(8)16)13(19)6-4-2-1-3-5-6;1-5-2-3-6(8)7(9)4-5/h1-5H;2-4H,1H3. The maximum atomic E-state index is 13.4. The van der Waals surface area contributed by atoms with Crippen molar-refractivity contribution in [3.8, 4) is 0 Å². The third-order valence-corrected chi connectivity index (χ3v) is 4.29. The molecule has 0 amide bonds. The molecule has 3 aromatic rings. The Bertz CT molecular complexity index is 994. The fraction of sp³-hybridized carbons (Fsp3) is 0.0500. The second-order valence-corrected chi connectivity index (χ2v) is 6.37. The zero-order chi connectivity index (χ0) is 21.0. The van der Waals surface area contributed by atoms with E-state index in [4.69, 9.17) is 23.2 Å². The molecule has 0 bridgehead atoms. The molecule has 0 saturated heterocycles. The van der Waals surface area contributed by atoms with Gasteiger partial charge in [0.15, 0.2) is 29.1 Å². The molecule has 0 atom stereocenters. The lowest BCUT2D eigenvalue weighted by Gasteiger charge is -2.07. The van der Waals surface area contributed by atoms with Gasteiger partial charge in [0.05, 0.1) is 10.0 Å². The Hall–Kier alpha value is -2.44. The third kappa shape index (κ3) is 4.69. The molecule has 28 heavy (non-hydrogen) atoms. The van der Waals surface area contributed by atoms with E-state index >= 15 is 0 Å². The second-order valence-electron chi connectivity index (χ2n) is 5.56. The molecule has 146 valence electrons. The summed E-state index contributed by atoms with van der Waals surface area (Å²) in [6, 6.07) is 12.3. The third-order valence-electron chi connectivity index (χ3n) is 3.55. The highest BCUT2D eigenvalue weighted by atomic mass is 35.5.